The van der Waals surface area contributed by atoms with Crippen LogP contribution in [0.3, 0.4) is 0 Å². The summed E-state index contributed by atoms with van der Waals surface area (Å²) >= 11 is 1.33. The number of benzene rings is 1. The minimum atomic E-state index is -0.0221. The van der Waals surface area contributed by atoms with E-state index in [0.717, 1.165) is 34.3 Å². The molecule has 8 heteroatoms. The Morgan fingerprint density at radius 1 is 1.38 bits per heavy atom. The van der Waals surface area contributed by atoms with E-state index in [-0.39, 0.29) is 12.5 Å². The molecule has 0 unspecified atom stereocenters. The van der Waals surface area contributed by atoms with E-state index in [1.165, 1.54) is 18.6 Å². The number of anilines is 3. The summed E-state index contributed by atoms with van der Waals surface area (Å²) in [5.41, 5.74) is 3.02. The van der Waals surface area contributed by atoms with Crippen molar-refractivity contribution in [3.8, 4) is 0 Å². The van der Waals surface area contributed by atoms with Crippen molar-refractivity contribution in [2.75, 3.05) is 44.2 Å². The van der Waals surface area contributed by atoms with E-state index >= 15 is 0 Å². The highest BCUT2D eigenvalue weighted by Crippen LogP contribution is 2.35. The highest BCUT2D eigenvalue weighted by molar-refractivity contribution is 7.09. The zero-order chi connectivity index (χ0) is 16.9. The quantitative estimate of drug-likeness (QED) is 0.825. The second-order valence-corrected chi connectivity index (χ2v) is 6.17. The largest absolute Gasteiger partial charge is 0.384 e. The molecule has 0 fully saturated rings. The van der Waals surface area contributed by atoms with Gasteiger partial charge in [-0.05, 0) is 18.6 Å². The molecule has 0 radical (unpaired) electrons. The van der Waals surface area contributed by atoms with E-state index in [1.807, 2.05) is 18.2 Å². The monoisotopic (exact) mass is 348 g/mol. The zero-order valence-corrected chi connectivity index (χ0v) is 14.6. The van der Waals surface area contributed by atoms with Gasteiger partial charge in [-0.3, -0.25) is 4.79 Å². The van der Waals surface area contributed by atoms with Crippen molar-refractivity contribution in [1.29, 1.82) is 0 Å². The van der Waals surface area contributed by atoms with E-state index in [4.69, 9.17) is 9.47 Å². The van der Waals surface area contributed by atoms with Crippen molar-refractivity contribution in [2.24, 2.45) is 0 Å². The highest BCUT2D eigenvalue weighted by atomic mass is 32.1. The predicted molar refractivity (Wildman–Crippen MR) is 93.1 cm³/mol. The Morgan fingerprint density at radius 3 is 3.04 bits per heavy atom. The predicted octanol–water partition coefficient (Wildman–Crippen LogP) is 2.01. The van der Waals surface area contributed by atoms with Crippen molar-refractivity contribution < 1.29 is 14.3 Å². The Balaban J connectivity index is 1.76. The number of hydrogen-bond donors (Lipinski definition) is 1. The Hall–Kier alpha value is -2.03. The molecule has 1 aliphatic rings. The van der Waals surface area contributed by atoms with Gasteiger partial charge in [0.05, 0.1) is 6.61 Å². The van der Waals surface area contributed by atoms with E-state index in [1.54, 1.807) is 12.0 Å². The lowest BCUT2D eigenvalue weighted by molar-refractivity contribution is -0.122. The maximum Gasteiger partial charge on any atom is 0.252 e. The average Bonchev–Trinajstić information content (AvgIpc) is 3.20. The van der Waals surface area contributed by atoms with Crippen LogP contribution in [0.15, 0.2) is 18.2 Å². The van der Waals surface area contributed by atoms with Gasteiger partial charge in [0, 0.05) is 55.7 Å². The Bertz CT molecular complexity index is 719. The minimum Gasteiger partial charge on any atom is -0.384 e. The summed E-state index contributed by atoms with van der Waals surface area (Å²) in [6.07, 6.45) is 1.50. The maximum atomic E-state index is 12.1. The van der Waals surface area contributed by atoms with E-state index in [2.05, 4.69) is 14.7 Å². The molecule has 0 aliphatic carbocycles. The number of aromatic nitrogens is 2. The van der Waals surface area contributed by atoms with Crippen LogP contribution < -0.4 is 10.2 Å². The van der Waals surface area contributed by atoms with Gasteiger partial charge in [0.25, 0.3) is 5.91 Å². The van der Waals surface area contributed by atoms with Gasteiger partial charge < -0.3 is 19.7 Å². The Kier molecular flexibility index (Phi) is 5.39. The molecule has 7 nitrogen and oxygen atoms in total. The highest BCUT2D eigenvalue weighted by Gasteiger charge is 2.26. The molecule has 1 N–H and O–H groups in total. The third kappa shape index (κ3) is 3.55. The standard InChI is InChI=1S/C16H20N4O3S/c1-22-9-7-14-18-16(24-19-14)17-12-4-3-5-13-11(12)6-8-20(13)15(21)10-23-2/h3-5H,6-10H2,1-2H3,(H,17,18,19). The van der Waals surface area contributed by atoms with Crippen molar-refractivity contribution in [2.45, 2.75) is 12.8 Å². The number of methoxy groups -OCH3 is 2. The number of hydrogen-bond acceptors (Lipinski definition) is 7. The average molecular weight is 348 g/mol. The van der Waals surface area contributed by atoms with Crippen molar-refractivity contribution in [3.05, 3.63) is 29.6 Å². The molecule has 0 spiro atoms. The van der Waals surface area contributed by atoms with Crippen molar-refractivity contribution >= 4 is 33.9 Å². The number of carbonyl (C=O) groups is 1. The molecule has 3 rings (SSSR count). The molecule has 128 valence electrons. The smallest absolute Gasteiger partial charge is 0.252 e. The van der Waals surface area contributed by atoms with Crippen LogP contribution in [0.2, 0.25) is 0 Å². The first-order valence-electron chi connectivity index (χ1n) is 7.72. The van der Waals surface area contributed by atoms with Crippen LogP contribution >= 0.6 is 11.5 Å². The van der Waals surface area contributed by atoms with E-state index in [9.17, 15) is 4.79 Å². The Morgan fingerprint density at radius 2 is 2.25 bits per heavy atom. The van der Waals surface area contributed by atoms with E-state index in [0.29, 0.717) is 19.6 Å². The van der Waals surface area contributed by atoms with Gasteiger partial charge in [0.15, 0.2) is 0 Å². The molecule has 1 amide bonds. The first-order valence-corrected chi connectivity index (χ1v) is 8.50. The van der Waals surface area contributed by atoms with Crippen LogP contribution in [0.1, 0.15) is 11.4 Å². The fourth-order valence-corrected chi connectivity index (χ4v) is 3.35. The number of ether oxygens (including phenoxy) is 2. The number of fused-ring (bicyclic) bond motifs is 1. The molecule has 2 aromatic rings. The lowest BCUT2D eigenvalue weighted by Crippen LogP contribution is -2.31. The Labute approximate surface area is 144 Å². The normalized spacial score (nSPS) is 13.2. The van der Waals surface area contributed by atoms with Crippen LogP contribution in [0.25, 0.3) is 0 Å². The summed E-state index contributed by atoms with van der Waals surface area (Å²) < 4.78 is 14.3. The summed E-state index contributed by atoms with van der Waals surface area (Å²) in [5.74, 6) is 0.750. The number of nitrogens with one attached hydrogen (secondary N) is 1. The fraction of sp³-hybridized carbons (Fsp3) is 0.438. The second kappa shape index (κ2) is 7.69. The zero-order valence-electron chi connectivity index (χ0n) is 13.7. The summed E-state index contributed by atoms with van der Waals surface area (Å²) in [7, 11) is 3.19. The summed E-state index contributed by atoms with van der Waals surface area (Å²) in [6, 6.07) is 5.90. The van der Waals surface area contributed by atoms with Crippen LogP contribution in [0, 0.1) is 0 Å². The van der Waals surface area contributed by atoms with Gasteiger partial charge in [-0.25, -0.2) is 4.98 Å². The molecule has 0 saturated heterocycles. The third-order valence-corrected chi connectivity index (χ3v) is 4.50. The molecule has 0 atom stereocenters. The van der Waals surface area contributed by atoms with Gasteiger partial charge in [0.2, 0.25) is 5.13 Å². The first-order chi connectivity index (χ1) is 11.7. The number of rotatable bonds is 7. The third-order valence-electron chi connectivity index (χ3n) is 3.84. The first kappa shape index (κ1) is 16.8. The van der Waals surface area contributed by atoms with Gasteiger partial charge in [-0.2, -0.15) is 4.37 Å². The molecule has 24 heavy (non-hydrogen) atoms. The maximum absolute atomic E-state index is 12.1. The van der Waals surface area contributed by atoms with Gasteiger partial charge in [-0.1, -0.05) is 6.07 Å². The topological polar surface area (TPSA) is 76.6 Å². The van der Waals surface area contributed by atoms with Crippen LogP contribution in [-0.2, 0) is 27.1 Å². The molecule has 1 aliphatic heterocycles. The fourth-order valence-electron chi connectivity index (χ4n) is 2.73. The lowest BCUT2D eigenvalue weighted by Gasteiger charge is -2.17. The van der Waals surface area contributed by atoms with Crippen molar-refractivity contribution in [3.63, 3.8) is 0 Å². The van der Waals surface area contributed by atoms with Crippen LogP contribution in [0.4, 0.5) is 16.5 Å². The number of nitrogens with zero attached hydrogens (tertiary/aromatic N) is 3. The second-order valence-electron chi connectivity index (χ2n) is 5.42. The molecular formula is C16H20N4O3S. The van der Waals surface area contributed by atoms with Crippen LogP contribution in [0.5, 0.6) is 0 Å². The summed E-state index contributed by atoms with van der Waals surface area (Å²) in [5, 5.41) is 4.07. The van der Waals surface area contributed by atoms with Crippen LogP contribution in [-0.4, -0.2) is 49.2 Å². The molecular weight excluding hydrogens is 328 g/mol. The molecule has 0 saturated carbocycles. The molecule has 1 aromatic carbocycles. The SMILES string of the molecule is COCCc1nsc(Nc2cccc3c2CCN3C(=O)COC)n1. The lowest BCUT2D eigenvalue weighted by atomic mass is 10.1. The molecule has 2 heterocycles. The minimum absolute atomic E-state index is 0.0221. The van der Waals surface area contributed by atoms with Gasteiger partial charge >= 0.3 is 0 Å². The van der Waals surface area contributed by atoms with Gasteiger partial charge in [0.1, 0.15) is 12.4 Å². The molecule has 0 bridgehead atoms. The number of amides is 1. The van der Waals surface area contributed by atoms with E-state index < -0.39 is 0 Å². The van der Waals surface area contributed by atoms with Gasteiger partial charge in [-0.15, -0.1) is 0 Å². The number of carbonyl (C=O) groups excluding carboxylic acids is 1. The summed E-state index contributed by atoms with van der Waals surface area (Å²) in [6.45, 7) is 1.37. The summed E-state index contributed by atoms with van der Waals surface area (Å²) in [4.78, 5) is 18.4. The van der Waals surface area contributed by atoms with Crippen molar-refractivity contribution in [1.82, 2.24) is 9.36 Å². The molecule has 1 aromatic heterocycles.